The van der Waals surface area contributed by atoms with E-state index in [4.69, 9.17) is 37.6 Å². The molecule has 5 fully saturated rings. The average Bonchev–Trinajstić information content (AvgIpc) is 3.74. The lowest BCUT2D eigenvalue weighted by Gasteiger charge is -2.68. The van der Waals surface area contributed by atoms with E-state index < -0.39 is 121 Å². The van der Waals surface area contributed by atoms with Crippen LogP contribution < -0.4 is 5.32 Å². The van der Waals surface area contributed by atoms with Gasteiger partial charge in [-0.15, -0.1) is 0 Å². The van der Waals surface area contributed by atoms with Gasteiger partial charge in [0, 0.05) is 49.5 Å². The molecule has 414 valence electrons. The van der Waals surface area contributed by atoms with Gasteiger partial charge in [-0.05, 0) is 92.1 Å². The summed E-state index contributed by atoms with van der Waals surface area (Å²) in [5.74, 6) is -4.13. The Morgan fingerprint density at radius 3 is 2.19 bits per heavy atom. The normalized spacial score (nSPS) is 33.0. The molecule has 19 heteroatoms. The van der Waals surface area contributed by atoms with Gasteiger partial charge in [-0.2, -0.15) is 0 Å². The van der Waals surface area contributed by atoms with Gasteiger partial charge in [0.15, 0.2) is 18.0 Å². The summed E-state index contributed by atoms with van der Waals surface area (Å²) in [5.41, 5.74) is -5.26. The van der Waals surface area contributed by atoms with E-state index in [-0.39, 0.29) is 53.6 Å². The van der Waals surface area contributed by atoms with Crippen molar-refractivity contribution in [2.45, 2.75) is 205 Å². The third-order valence-electron chi connectivity index (χ3n) is 17.9. The number of nitrogens with zero attached hydrogens (tertiary/aromatic N) is 2. The highest BCUT2D eigenvalue weighted by molar-refractivity contribution is 6.77. The first kappa shape index (κ1) is 56.8. The van der Waals surface area contributed by atoms with Crippen LogP contribution in [-0.2, 0) is 47.2 Å². The van der Waals surface area contributed by atoms with E-state index in [1.54, 1.807) is 44.2 Å². The van der Waals surface area contributed by atoms with Crippen molar-refractivity contribution in [3.05, 3.63) is 76.9 Å². The van der Waals surface area contributed by atoms with Gasteiger partial charge >= 0.3 is 24.0 Å². The van der Waals surface area contributed by atoms with Gasteiger partial charge < -0.3 is 53.1 Å². The molecule has 1 aromatic carbocycles. The zero-order valence-corrected chi connectivity index (χ0v) is 46.9. The topological polar surface area (TPSA) is 211 Å². The fourth-order valence-electron chi connectivity index (χ4n) is 14.3. The van der Waals surface area contributed by atoms with Gasteiger partial charge in [0.25, 0.3) is 0 Å². The van der Waals surface area contributed by atoms with Gasteiger partial charge in [0.1, 0.15) is 47.6 Å². The van der Waals surface area contributed by atoms with Crippen LogP contribution in [0.25, 0.3) is 0 Å². The van der Waals surface area contributed by atoms with Gasteiger partial charge in [0.05, 0.1) is 36.9 Å². The second kappa shape index (κ2) is 21.5. The lowest BCUT2D eigenvalue weighted by Crippen LogP contribution is -2.79. The van der Waals surface area contributed by atoms with Crippen LogP contribution in [0.2, 0.25) is 16.6 Å². The van der Waals surface area contributed by atoms with E-state index in [0.29, 0.717) is 37.1 Å². The maximum atomic E-state index is 16.3. The minimum Gasteiger partial charge on any atom is -0.456 e. The third-order valence-corrected chi connectivity index (χ3v) is 24.0. The van der Waals surface area contributed by atoms with Crippen LogP contribution in [-0.4, -0.2) is 145 Å². The third kappa shape index (κ3) is 9.88. The standard InChI is InChI=1S/C56H80FN3O14Si/c1-30(2)68-52(65)59-44(43-38(57)20-17-24-58-43)46(74-75(31(3)4,32(5)6)33(7)8)51(64)69-39-26-56(66)49(72-50(63)36-18-15-14-16-19-36)47-54(13,23-21-40-55(47,29-67-40)73-35(10)62)48-45(42(34(39)9)53(56,11)12)70-41(71-48)27-60-25-22-37(60)28-61/h14-20,24,30-33,37,39-41,44-49,61,66H,21-23,25-29H2,1-13H3,(H,59,65)/t37-,39-,40+,41+,44-,45+,46+,47-,48+,49-,54+,55-,56+/m0/s1. The Hall–Kier alpha value is -4.34. The average molecular weight is 1070 g/mol. The van der Waals surface area contributed by atoms with Gasteiger partial charge in [0.2, 0.25) is 8.32 Å². The summed E-state index contributed by atoms with van der Waals surface area (Å²) in [7, 11) is -3.14. The van der Waals surface area contributed by atoms with Crippen molar-refractivity contribution >= 4 is 32.3 Å². The number of ether oxygens (including phenoxy) is 7. The number of amides is 1. The fourth-order valence-corrected chi connectivity index (χ4v) is 19.8. The highest BCUT2D eigenvalue weighted by atomic mass is 28.4. The number of nitrogens with one attached hydrogen (secondary N) is 1. The quantitative estimate of drug-likeness (QED) is 0.0595. The van der Waals surface area contributed by atoms with Crippen molar-refractivity contribution < 1.29 is 71.4 Å². The molecule has 1 aromatic heterocycles. The van der Waals surface area contributed by atoms with E-state index in [1.165, 1.54) is 25.3 Å². The number of aromatic nitrogens is 1. The summed E-state index contributed by atoms with van der Waals surface area (Å²) >= 11 is 0. The molecule has 4 heterocycles. The number of halogens is 1. The lowest BCUT2D eigenvalue weighted by molar-refractivity contribution is -0.345. The molecule has 2 aromatic rings. The number of rotatable bonds is 17. The van der Waals surface area contributed by atoms with Crippen molar-refractivity contribution in [2.24, 2.45) is 16.7 Å². The van der Waals surface area contributed by atoms with E-state index in [9.17, 15) is 24.6 Å². The summed E-state index contributed by atoms with van der Waals surface area (Å²) in [6, 6.07) is 9.34. The molecule has 0 spiro atoms. The molecule has 17 nitrogen and oxygen atoms in total. The number of aliphatic hydroxyl groups is 2. The van der Waals surface area contributed by atoms with E-state index in [1.807, 2.05) is 69.2 Å². The molecule has 2 saturated carbocycles. The van der Waals surface area contributed by atoms with Crippen LogP contribution in [0, 0.1) is 22.6 Å². The first-order chi connectivity index (χ1) is 35.3. The number of aliphatic hydroxyl groups excluding tert-OH is 1. The zero-order chi connectivity index (χ0) is 54.7. The van der Waals surface area contributed by atoms with Crippen molar-refractivity contribution in [1.29, 1.82) is 0 Å². The van der Waals surface area contributed by atoms with E-state index in [0.717, 1.165) is 6.42 Å². The van der Waals surface area contributed by atoms with Crippen LogP contribution in [0.15, 0.2) is 59.8 Å². The van der Waals surface area contributed by atoms with Crippen molar-refractivity contribution in [1.82, 2.24) is 15.2 Å². The SMILES string of the molecule is CC(=O)O[C@@]12CO[C@@H]1CC[C@@]1(C)[C@@H]3O[C@H](CN4CC[C@H]4CO)O[C@@H]3C3=C(C)[C@@H](OC(=O)[C@H](O[Si](C(C)C)(C(C)C)C(C)C)[C@@H](NC(=O)OC(C)C)c4ncccc4F)C[C@@](O)([C@@H](OC(=O)c4ccccc4)[C@@H]12)C3(C)C. The second-order valence-electron chi connectivity index (χ2n) is 23.8. The number of benzene rings is 1. The summed E-state index contributed by atoms with van der Waals surface area (Å²) < 4.78 is 69.7. The van der Waals surface area contributed by atoms with Gasteiger partial charge in [-0.25, -0.2) is 18.8 Å². The first-order valence-electron chi connectivity index (χ1n) is 26.9. The smallest absolute Gasteiger partial charge is 0.408 e. The highest BCUT2D eigenvalue weighted by Gasteiger charge is 2.77. The Morgan fingerprint density at radius 2 is 1.63 bits per heavy atom. The summed E-state index contributed by atoms with van der Waals surface area (Å²) in [6.45, 7) is 25.3. The number of carbonyl (C=O) groups excluding carboxylic acids is 4. The highest BCUT2D eigenvalue weighted by Crippen LogP contribution is 2.67. The summed E-state index contributed by atoms with van der Waals surface area (Å²) in [5, 5.41) is 27.3. The molecular formula is C56H80FN3O14Si. The number of fused-ring (bicyclic) bond motifs is 8. The molecule has 3 N–H and O–H groups in total. The van der Waals surface area contributed by atoms with Crippen LogP contribution in [0.4, 0.5) is 9.18 Å². The van der Waals surface area contributed by atoms with Gasteiger partial charge in [-0.3, -0.25) is 14.7 Å². The second-order valence-corrected chi connectivity index (χ2v) is 29.2. The van der Waals surface area contributed by atoms with E-state index in [2.05, 4.69) is 15.2 Å². The lowest BCUT2D eigenvalue weighted by atomic mass is 9.45. The Morgan fingerprint density at radius 1 is 0.947 bits per heavy atom. The summed E-state index contributed by atoms with van der Waals surface area (Å²) in [6.07, 6.45) is -6.56. The molecule has 75 heavy (non-hydrogen) atoms. The van der Waals surface area contributed by atoms with Crippen molar-refractivity contribution in [2.75, 3.05) is 26.3 Å². The maximum absolute atomic E-state index is 16.3. The number of likely N-dealkylation sites (tertiary alicyclic amines) is 1. The van der Waals surface area contributed by atoms with Crippen molar-refractivity contribution in [3.63, 3.8) is 0 Å². The van der Waals surface area contributed by atoms with Gasteiger partial charge in [-0.1, -0.05) is 80.5 Å². The summed E-state index contributed by atoms with van der Waals surface area (Å²) in [4.78, 5) is 64.3. The van der Waals surface area contributed by atoms with Crippen LogP contribution in [0.3, 0.4) is 0 Å². The Kier molecular flexibility index (Phi) is 16.3. The molecule has 1 amide bonds. The number of esters is 3. The number of alkyl carbamates (subject to hydrolysis) is 1. The molecule has 3 saturated heterocycles. The van der Waals surface area contributed by atoms with E-state index >= 15 is 9.18 Å². The largest absolute Gasteiger partial charge is 0.456 e. The van der Waals surface area contributed by atoms with Crippen LogP contribution >= 0.6 is 0 Å². The van der Waals surface area contributed by atoms with Crippen LogP contribution in [0.5, 0.6) is 0 Å². The predicted molar refractivity (Wildman–Crippen MR) is 275 cm³/mol. The minimum atomic E-state index is -3.14. The Bertz CT molecular complexity index is 2450. The molecule has 13 atom stereocenters. The number of carbonyl (C=O) groups is 4. The first-order valence-corrected chi connectivity index (χ1v) is 29.0. The molecule has 2 bridgehead atoms. The number of hydrogen-bond acceptors (Lipinski definition) is 16. The van der Waals surface area contributed by atoms with Crippen molar-refractivity contribution in [3.8, 4) is 0 Å². The molecule has 0 radical (unpaired) electrons. The Balaban J connectivity index is 1.33. The number of hydrogen-bond donors (Lipinski definition) is 3. The monoisotopic (exact) mass is 1070 g/mol. The molecule has 6 aliphatic rings. The molecule has 8 rings (SSSR count). The molecule has 3 aliphatic carbocycles. The maximum Gasteiger partial charge on any atom is 0.408 e. The molecule has 0 unspecified atom stereocenters. The zero-order valence-electron chi connectivity index (χ0n) is 45.9. The molecule has 3 aliphatic heterocycles. The number of pyridine rings is 1. The Labute approximate surface area is 442 Å². The minimum absolute atomic E-state index is 0.0421. The predicted octanol–water partition coefficient (Wildman–Crippen LogP) is 7.88. The fraction of sp³-hybridized carbons (Fsp3) is 0.696. The van der Waals surface area contributed by atoms with Crippen LogP contribution in [0.1, 0.15) is 138 Å². The molecular weight excluding hydrogens is 986 g/mol.